The highest BCUT2D eigenvalue weighted by Crippen LogP contribution is 2.31. The molecule has 0 fully saturated rings. The zero-order valence-electron chi connectivity index (χ0n) is 22.3. The van der Waals surface area contributed by atoms with Crippen molar-refractivity contribution in [2.75, 3.05) is 31.5 Å². The monoisotopic (exact) mass is 554 g/mol. The third kappa shape index (κ3) is 6.29. The average Bonchev–Trinajstić information content (AvgIpc) is 3.25. The van der Waals surface area contributed by atoms with Gasteiger partial charge in [-0.15, -0.1) is 12.4 Å². The SMILES string of the molecule is CCCCc1oc2ccccc2c1C(=O)c1ccc(N(CCN(C)C)S(=O)(=O)c2ccc(C)cc2)cc1.Cl. The molecule has 0 unspecified atom stereocenters. The van der Waals surface area contributed by atoms with Crippen LogP contribution in [0.15, 0.2) is 82.1 Å². The van der Waals surface area contributed by atoms with Gasteiger partial charge in [0.05, 0.1) is 16.1 Å². The number of halogens is 1. The van der Waals surface area contributed by atoms with Crippen molar-refractivity contribution >= 4 is 44.9 Å². The summed E-state index contributed by atoms with van der Waals surface area (Å²) in [5.74, 6) is 0.579. The molecule has 202 valence electrons. The minimum atomic E-state index is -3.78. The number of aryl methyl sites for hydroxylation is 2. The molecule has 4 aromatic rings. The highest BCUT2D eigenvalue weighted by atomic mass is 35.5. The minimum Gasteiger partial charge on any atom is -0.460 e. The summed E-state index contributed by atoms with van der Waals surface area (Å²) in [6.45, 7) is 4.86. The Morgan fingerprint density at radius 2 is 1.55 bits per heavy atom. The molecule has 6 nitrogen and oxygen atoms in total. The minimum absolute atomic E-state index is 0. The van der Waals surface area contributed by atoms with E-state index in [2.05, 4.69) is 6.92 Å². The lowest BCUT2D eigenvalue weighted by molar-refractivity contribution is 0.103. The van der Waals surface area contributed by atoms with Crippen LogP contribution in [0.3, 0.4) is 0 Å². The van der Waals surface area contributed by atoms with Crippen LogP contribution in [0.1, 0.15) is 47.0 Å². The van der Waals surface area contributed by atoms with Crippen LogP contribution >= 0.6 is 12.4 Å². The molecular formula is C30H35ClN2O4S. The maximum atomic E-state index is 13.7. The van der Waals surface area contributed by atoms with Crippen molar-refractivity contribution in [1.29, 1.82) is 0 Å². The number of sulfonamides is 1. The van der Waals surface area contributed by atoms with E-state index in [1.807, 2.05) is 50.2 Å². The van der Waals surface area contributed by atoms with Crippen LogP contribution in [0.5, 0.6) is 0 Å². The largest absolute Gasteiger partial charge is 0.460 e. The van der Waals surface area contributed by atoms with E-state index >= 15 is 0 Å². The Kier molecular flexibility index (Phi) is 9.77. The molecule has 0 atom stereocenters. The van der Waals surface area contributed by atoms with Gasteiger partial charge in [0.15, 0.2) is 5.78 Å². The van der Waals surface area contributed by atoms with Crippen LogP contribution in [0.2, 0.25) is 0 Å². The second-order valence-electron chi connectivity index (χ2n) is 9.57. The number of carbonyl (C=O) groups excluding carboxylic acids is 1. The van der Waals surface area contributed by atoms with Crippen molar-refractivity contribution in [2.24, 2.45) is 0 Å². The van der Waals surface area contributed by atoms with Crippen molar-refractivity contribution in [2.45, 2.75) is 38.0 Å². The van der Waals surface area contributed by atoms with Crippen LogP contribution < -0.4 is 4.31 Å². The lowest BCUT2D eigenvalue weighted by Crippen LogP contribution is -2.36. The maximum absolute atomic E-state index is 13.7. The maximum Gasteiger partial charge on any atom is 0.264 e. The van der Waals surface area contributed by atoms with Gasteiger partial charge in [-0.2, -0.15) is 0 Å². The molecule has 1 aromatic heterocycles. The van der Waals surface area contributed by atoms with Crippen molar-refractivity contribution in [3.05, 3.63) is 95.2 Å². The normalized spacial score (nSPS) is 11.5. The molecule has 0 bridgehead atoms. The van der Waals surface area contributed by atoms with Gasteiger partial charge < -0.3 is 9.32 Å². The molecule has 8 heteroatoms. The van der Waals surface area contributed by atoms with Gasteiger partial charge in [-0.25, -0.2) is 8.42 Å². The van der Waals surface area contributed by atoms with Crippen molar-refractivity contribution in [3.8, 4) is 0 Å². The number of para-hydroxylation sites is 1. The van der Waals surface area contributed by atoms with Crippen molar-refractivity contribution in [1.82, 2.24) is 4.90 Å². The van der Waals surface area contributed by atoms with E-state index in [1.165, 1.54) is 4.31 Å². The molecule has 1 heterocycles. The fourth-order valence-electron chi connectivity index (χ4n) is 4.30. The van der Waals surface area contributed by atoms with Gasteiger partial charge in [0.1, 0.15) is 11.3 Å². The Balaban J connectivity index is 0.00000400. The zero-order valence-corrected chi connectivity index (χ0v) is 23.9. The van der Waals surface area contributed by atoms with E-state index in [4.69, 9.17) is 4.42 Å². The summed E-state index contributed by atoms with van der Waals surface area (Å²) >= 11 is 0. The molecule has 0 saturated carbocycles. The lowest BCUT2D eigenvalue weighted by atomic mass is 9.98. The quantitative estimate of drug-likeness (QED) is 0.198. The number of likely N-dealkylation sites (N-methyl/N-ethyl adjacent to an activating group) is 1. The number of hydrogen-bond acceptors (Lipinski definition) is 5. The van der Waals surface area contributed by atoms with Gasteiger partial charge in [-0.3, -0.25) is 9.10 Å². The number of ketones is 1. The first-order chi connectivity index (χ1) is 17.7. The Morgan fingerprint density at radius 1 is 0.895 bits per heavy atom. The van der Waals surface area contributed by atoms with E-state index in [0.29, 0.717) is 41.1 Å². The first kappa shape index (κ1) is 29.4. The molecule has 0 amide bonds. The summed E-state index contributed by atoms with van der Waals surface area (Å²) in [6, 6.07) is 21.3. The van der Waals surface area contributed by atoms with E-state index in [0.717, 1.165) is 23.8 Å². The summed E-state index contributed by atoms with van der Waals surface area (Å²) in [6.07, 6.45) is 2.62. The van der Waals surface area contributed by atoms with Crippen LogP contribution in [0.4, 0.5) is 5.69 Å². The van der Waals surface area contributed by atoms with Gasteiger partial charge in [0, 0.05) is 30.5 Å². The molecule has 0 aliphatic heterocycles. The number of rotatable bonds is 11. The summed E-state index contributed by atoms with van der Waals surface area (Å²) < 4.78 is 34.6. The fourth-order valence-corrected chi connectivity index (χ4v) is 5.75. The topological polar surface area (TPSA) is 70.8 Å². The van der Waals surface area contributed by atoms with Gasteiger partial charge >= 0.3 is 0 Å². The Labute approximate surface area is 231 Å². The molecule has 0 aliphatic carbocycles. The first-order valence-corrected chi connectivity index (χ1v) is 14.1. The summed E-state index contributed by atoms with van der Waals surface area (Å²) in [5.41, 5.74) is 3.29. The molecule has 38 heavy (non-hydrogen) atoms. The number of fused-ring (bicyclic) bond motifs is 1. The molecule has 0 saturated heterocycles. The van der Waals surface area contributed by atoms with E-state index < -0.39 is 10.0 Å². The van der Waals surface area contributed by atoms with E-state index in [1.54, 1.807) is 48.5 Å². The van der Waals surface area contributed by atoms with E-state index in [-0.39, 0.29) is 29.6 Å². The van der Waals surface area contributed by atoms with E-state index in [9.17, 15) is 13.2 Å². The number of benzene rings is 3. The standard InChI is InChI=1S/C30H34N2O4S.ClH/c1-5-6-10-28-29(26-9-7-8-11-27(26)36-28)30(33)23-14-16-24(17-15-23)32(21-20-31(3)4)37(34,35)25-18-12-22(2)13-19-25;/h7-9,11-19H,5-6,10,20-21H2,1-4H3;1H. The molecule has 0 radical (unpaired) electrons. The van der Waals surface area contributed by atoms with Gasteiger partial charge in [-0.05, 0) is 69.9 Å². The highest BCUT2D eigenvalue weighted by molar-refractivity contribution is 7.92. The Hall–Kier alpha value is -3.13. The predicted octanol–water partition coefficient (Wildman–Crippen LogP) is 6.49. The van der Waals surface area contributed by atoms with Gasteiger partial charge in [-0.1, -0.05) is 49.2 Å². The van der Waals surface area contributed by atoms with Crippen LogP contribution in [0.25, 0.3) is 11.0 Å². The second kappa shape index (κ2) is 12.6. The summed E-state index contributed by atoms with van der Waals surface area (Å²) in [7, 11) is 0.0312. The van der Waals surface area contributed by atoms with Crippen LogP contribution in [-0.2, 0) is 16.4 Å². The number of nitrogens with zero attached hydrogens (tertiary/aromatic N) is 2. The highest BCUT2D eigenvalue weighted by Gasteiger charge is 2.26. The molecule has 0 N–H and O–H groups in total. The summed E-state index contributed by atoms with van der Waals surface area (Å²) in [5, 5.41) is 0.803. The number of hydrogen-bond donors (Lipinski definition) is 0. The summed E-state index contributed by atoms with van der Waals surface area (Å²) in [4.78, 5) is 15.8. The molecular weight excluding hydrogens is 520 g/mol. The van der Waals surface area contributed by atoms with Crippen molar-refractivity contribution < 1.29 is 17.6 Å². The Morgan fingerprint density at radius 3 is 2.18 bits per heavy atom. The molecule has 4 rings (SSSR count). The number of unbranched alkanes of at least 4 members (excludes halogenated alkanes) is 1. The third-order valence-corrected chi connectivity index (χ3v) is 8.27. The second-order valence-corrected chi connectivity index (χ2v) is 11.4. The third-order valence-electron chi connectivity index (χ3n) is 6.43. The molecule has 0 spiro atoms. The van der Waals surface area contributed by atoms with Gasteiger partial charge in [0.2, 0.25) is 0 Å². The van der Waals surface area contributed by atoms with Crippen LogP contribution in [0, 0.1) is 6.92 Å². The number of furan rings is 1. The fraction of sp³-hybridized carbons (Fsp3) is 0.300. The molecule has 3 aromatic carbocycles. The van der Waals surface area contributed by atoms with Gasteiger partial charge in [0.25, 0.3) is 10.0 Å². The zero-order chi connectivity index (χ0) is 26.6. The Bertz CT molecular complexity index is 1480. The first-order valence-electron chi connectivity index (χ1n) is 12.6. The molecule has 0 aliphatic rings. The smallest absolute Gasteiger partial charge is 0.264 e. The number of anilines is 1. The van der Waals surface area contributed by atoms with Crippen molar-refractivity contribution in [3.63, 3.8) is 0 Å². The number of carbonyl (C=O) groups is 1. The predicted molar refractivity (Wildman–Crippen MR) is 156 cm³/mol. The lowest BCUT2D eigenvalue weighted by Gasteiger charge is -2.26. The average molecular weight is 555 g/mol. The van der Waals surface area contributed by atoms with Crippen LogP contribution in [-0.4, -0.2) is 46.3 Å².